The SMILES string of the molecule is Brc1ccc([C@H]2CCC[C@@H](N3CCOCC3)C2)cc1. The zero-order chi connectivity index (χ0) is 13.1. The molecular weight excluding hydrogens is 302 g/mol. The predicted molar refractivity (Wildman–Crippen MR) is 81.5 cm³/mol. The van der Waals surface area contributed by atoms with Crippen LogP contribution in [0.3, 0.4) is 0 Å². The van der Waals surface area contributed by atoms with Crippen LogP contribution in [0.1, 0.15) is 37.2 Å². The minimum atomic E-state index is 0.745. The number of benzene rings is 1. The van der Waals surface area contributed by atoms with Gasteiger partial charge in [-0.15, -0.1) is 0 Å². The monoisotopic (exact) mass is 323 g/mol. The van der Waals surface area contributed by atoms with Crippen molar-refractivity contribution in [2.75, 3.05) is 26.3 Å². The summed E-state index contributed by atoms with van der Waals surface area (Å²) in [5, 5.41) is 0. The van der Waals surface area contributed by atoms with Crippen molar-refractivity contribution in [2.45, 2.75) is 37.6 Å². The van der Waals surface area contributed by atoms with Gasteiger partial charge in [0, 0.05) is 23.6 Å². The summed E-state index contributed by atoms with van der Waals surface area (Å²) in [7, 11) is 0. The molecule has 0 N–H and O–H groups in total. The average molecular weight is 324 g/mol. The number of rotatable bonds is 2. The molecule has 3 heteroatoms. The maximum absolute atomic E-state index is 5.47. The van der Waals surface area contributed by atoms with E-state index >= 15 is 0 Å². The molecule has 1 aromatic rings. The Morgan fingerprint density at radius 2 is 1.79 bits per heavy atom. The first-order valence-corrected chi connectivity index (χ1v) is 8.19. The van der Waals surface area contributed by atoms with Crippen LogP contribution in [0.25, 0.3) is 0 Å². The number of hydrogen-bond donors (Lipinski definition) is 0. The second-order valence-corrected chi connectivity index (χ2v) is 6.63. The van der Waals surface area contributed by atoms with Crippen molar-refractivity contribution in [1.29, 1.82) is 0 Å². The van der Waals surface area contributed by atoms with Crippen LogP contribution in [-0.4, -0.2) is 37.2 Å². The van der Waals surface area contributed by atoms with E-state index in [1.807, 2.05) is 0 Å². The molecular formula is C16H22BrNO. The summed E-state index contributed by atoms with van der Waals surface area (Å²) in [5.74, 6) is 0.745. The highest BCUT2D eigenvalue weighted by Crippen LogP contribution is 2.35. The van der Waals surface area contributed by atoms with Crippen molar-refractivity contribution >= 4 is 15.9 Å². The molecule has 1 saturated heterocycles. The minimum absolute atomic E-state index is 0.745. The van der Waals surface area contributed by atoms with Gasteiger partial charge in [0.25, 0.3) is 0 Å². The lowest BCUT2D eigenvalue weighted by Crippen LogP contribution is -2.45. The van der Waals surface area contributed by atoms with Crippen molar-refractivity contribution in [1.82, 2.24) is 4.90 Å². The maximum atomic E-state index is 5.47. The summed E-state index contributed by atoms with van der Waals surface area (Å²) >= 11 is 3.52. The van der Waals surface area contributed by atoms with E-state index in [1.54, 1.807) is 0 Å². The fourth-order valence-corrected chi connectivity index (χ4v) is 3.74. The second kappa shape index (κ2) is 6.38. The first kappa shape index (κ1) is 13.6. The topological polar surface area (TPSA) is 12.5 Å². The van der Waals surface area contributed by atoms with Crippen molar-refractivity contribution in [3.63, 3.8) is 0 Å². The standard InChI is InChI=1S/C16H22BrNO/c17-15-6-4-13(5-7-15)14-2-1-3-16(12-14)18-8-10-19-11-9-18/h4-7,14,16H,1-3,8-12H2/t14-,16+/m0/s1. The summed E-state index contributed by atoms with van der Waals surface area (Å²) in [5.41, 5.74) is 1.51. The lowest BCUT2D eigenvalue weighted by atomic mass is 9.80. The highest BCUT2D eigenvalue weighted by Gasteiger charge is 2.28. The molecule has 2 fully saturated rings. The number of hydrogen-bond acceptors (Lipinski definition) is 2. The Hall–Kier alpha value is -0.380. The molecule has 3 rings (SSSR count). The van der Waals surface area contributed by atoms with E-state index in [0.717, 1.165) is 38.3 Å². The highest BCUT2D eigenvalue weighted by atomic mass is 79.9. The van der Waals surface area contributed by atoms with Crippen LogP contribution in [0.2, 0.25) is 0 Å². The van der Waals surface area contributed by atoms with E-state index in [9.17, 15) is 0 Å². The van der Waals surface area contributed by atoms with Gasteiger partial charge in [-0.25, -0.2) is 0 Å². The van der Waals surface area contributed by atoms with Crippen LogP contribution in [-0.2, 0) is 4.74 Å². The smallest absolute Gasteiger partial charge is 0.0594 e. The lowest BCUT2D eigenvalue weighted by molar-refractivity contribution is 0.00657. The zero-order valence-corrected chi connectivity index (χ0v) is 12.9. The Morgan fingerprint density at radius 3 is 2.53 bits per heavy atom. The number of ether oxygens (including phenoxy) is 1. The summed E-state index contributed by atoms with van der Waals surface area (Å²) in [6.45, 7) is 4.08. The van der Waals surface area contributed by atoms with E-state index in [1.165, 1.54) is 35.7 Å². The fraction of sp³-hybridized carbons (Fsp3) is 0.625. The minimum Gasteiger partial charge on any atom is -0.379 e. The third kappa shape index (κ3) is 3.39. The molecule has 19 heavy (non-hydrogen) atoms. The van der Waals surface area contributed by atoms with E-state index in [0.29, 0.717) is 0 Å². The second-order valence-electron chi connectivity index (χ2n) is 5.72. The third-order valence-corrected chi connectivity index (χ3v) is 5.08. The van der Waals surface area contributed by atoms with Gasteiger partial charge in [0.05, 0.1) is 13.2 Å². The van der Waals surface area contributed by atoms with Gasteiger partial charge in [-0.3, -0.25) is 4.90 Å². The number of morpholine rings is 1. The van der Waals surface area contributed by atoms with Gasteiger partial charge in [0.15, 0.2) is 0 Å². The summed E-state index contributed by atoms with van der Waals surface area (Å²) in [4.78, 5) is 2.65. The maximum Gasteiger partial charge on any atom is 0.0594 e. The molecule has 0 amide bonds. The van der Waals surface area contributed by atoms with E-state index in [4.69, 9.17) is 4.74 Å². The largest absolute Gasteiger partial charge is 0.379 e. The first-order chi connectivity index (χ1) is 9.33. The predicted octanol–water partition coefficient (Wildman–Crippen LogP) is 3.81. The summed E-state index contributed by atoms with van der Waals surface area (Å²) in [6.07, 6.45) is 5.40. The lowest BCUT2D eigenvalue weighted by Gasteiger charge is -2.39. The molecule has 1 saturated carbocycles. The molecule has 1 aromatic carbocycles. The molecule has 2 aliphatic rings. The average Bonchev–Trinajstić information content (AvgIpc) is 2.49. The van der Waals surface area contributed by atoms with Crippen LogP contribution in [0, 0.1) is 0 Å². The van der Waals surface area contributed by atoms with Gasteiger partial charge in [0.1, 0.15) is 0 Å². The Kier molecular flexibility index (Phi) is 4.57. The van der Waals surface area contributed by atoms with Crippen LogP contribution in [0.4, 0.5) is 0 Å². The molecule has 104 valence electrons. The van der Waals surface area contributed by atoms with Gasteiger partial charge in [-0.1, -0.05) is 34.5 Å². The molecule has 0 radical (unpaired) electrons. The molecule has 1 aliphatic heterocycles. The Bertz CT molecular complexity index is 400. The van der Waals surface area contributed by atoms with Crippen LogP contribution < -0.4 is 0 Å². The molecule has 0 unspecified atom stereocenters. The number of halogens is 1. The van der Waals surface area contributed by atoms with E-state index in [2.05, 4.69) is 45.1 Å². The summed E-state index contributed by atoms with van der Waals surface area (Å²) in [6, 6.07) is 9.69. The van der Waals surface area contributed by atoms with Crippen molar-refractivity contribution in [2.24, 2.45) is 0 Å². The molecule has 1 aliphatic carbocycles. The van der Waals surface area contributed by atoms with Crippen molar-refractivity contribution in [3.05, 3.63) is 34.3 Å². The Morgan fingerprint density at radius 1 is 1.05 bits per heavy atom. The van der Waals surface area contributed by atoms with Crippen LogP contribution >= 0.6 is 15.9 Å². The van der Waals surface area contributed by atoms with Crippen LogP contribution in [0.15, 0.2) is 28.7 Å². The van der Waals surface area contributed by atoms with Gasteiger partial charge < -0.3 is 4.74 Å². The molecule has 0 bridgehead atoms. The van der Waals surface area contributed by atoms with Crippen molar-refractivity contribution in [3.8, 4) is 0 Å². The molecule has 2 nitrogen and oxygen atoms in total. The van der Waals surface area contributed by atoms with Crippen molar-refractivity contribution < 1.29 is 4.74 Å². The molecule has 1 heterocycles. The number of nitrogens with zero attached hydrogens (tertiary/aromatic N) is 1. The van der Waals surface area contributed by atoms with Gasteiger partial charge in [-0.2, -0.15) is 0 Å². The first-order valence-electron chi connectivity index (χ1n) is 7.40. The van der Waals surface area contributed by atoms with Gasteiger partial charge in [-0.05, 0) is 42.9 Å². The normalized spacial score (nSPS) is 29.3. The Balaban J connectivity index is 1.65. The Labute approximate surface area is 124 Å². The van der Waals surface area contributed by atoms with E-state index in [-0.39, 0.29) is 0 Å². The van der Waals surface area contributed by atoms with E-state index < -0.39 is 0 Å². The highest BCUT2D eigenvalue weighted by molar-refractivity contribution is 9.10. The fourth-order valence-electron chi connectivity index (χ4n) is 3.48. The summed E-state index contributed by atoms with van der Waals surface area (Å²) < 4.78 is 6.65. The van der Waals surface area contributed by atoms with Gasteiger partial charge in [0.2, 0.25) is 0 Å². The zero-order valence-electron chi connectivity index (χ0n) is 11.4. The van der Waals surface area contributed by atoms with Gasteiger partial charge >= 0.3 is 0 Å². The van der Waals surface area contributed by atoms with Crippen LogP contribution in [0.5, 0.6) is 0 Å². The third-order valence-electron chi connectivity index (χ3n) is 4.55. The quantitative estimate of drug-likeness (QED) is 0.820. The molecule has 0 spiro atoms. The molecule has 0 aromatic heterocycles. The molecule has 2 atom stereocenters.